The zero-order valence-corrected chi connectivity index (χ0v) is 16.3. The summed E-state index contributed by atoms with van der Waals surface area (Å²) < 4.78 is 42.4. The number of aromatic nitrogens is 3. The van der Waals surface area contributed by atoms with Crippen LogP contribution in [0.15, 0.2) is 46.2 Å². The highest BCUT2D eigenvalue weighted by Crippen LogP contribution is 2.42. The lowest BCUT2D eigenvalue weighted by Crippen LogP contribution is -2.25. The first-order valence-corrected chi connectivity index (χ1v) is 10.2. The Morgan fingerprint density at radius 3 is 2.83 bits per heavy atom. The molecule has 5 rings (SSSR count). The van der Waals surface area contributed by atoms with Crippen molar-refractivity contribution in [3.63, 3.8) is 0 Å². The molecule has 0 spiro atoms. The molecule has 1 fully saturated rings. The summed E-state index contributed by atoms with van der Waals surface area (Å²) in [4.78, 5) is 12.4. The van der Waals surface area contributed by atoms with Gasteiger partial charge in [-0.05, 0) is 37.1 Å². The number of hydrogen-bond donors (Lipinski definition) is 1. The van der Waals surface area contributed by atoms with E-state index in [0.717, 1.165) is 24.4 Å². The van der Waals surface area contributed by atoms with E-state index in [-0.39, 0.29) is 23.2 Å². The first-order chi connectivity index (χ1) is 14.5. The lowest BCUT2D eigenvalue weighted by Gasteiger charge is -2.09. The topological polar surface area (TPSA) is 91.4 Å². The largest absolute Gasteiger partial charge is 0.586 e. The van der Waals surface area contributed by atoms with Crippen LogP contribution in [0.2, 0.25) is 0 Å². The standard InChI is InChI=1S/C19H16F2N4O4S/c20-19(21)28-14-6-5-12(8-15(14)29-19)22-16(26)10-30-18-24-23-17(11-3-4-11)25(18)9-13-2-1-7-27-13/h1-2,5-8,11H,3-4,9-10H2,(H,22,26). The second-order valence-electron chi connectivity index (χ2n) is 6.95. The smallest absolute Gasteiger partial charge is 0.467 e. The van der Waals surface area contributed by atoms with Crippen LogP contribution < -0.4 is 14.8 Å². The average Bonchev–Trinajstić information content (AvgIpc) is 3.12. The molecule has 8 nitrogen and oxygen atoms in total. The van der Waals surface area contributed by atoms with E-state index >= 15 is 0 Å². The van der Waals surface area contributed by atoms with Crippen molar-refractivity contribution >= 4 is 23.4 Å². The van der Waals surface area contributed by atoms with Gasteiger partial charge in [-0.1, -0.05) is 11.8 Å². The Morgan fingerprint density at radius 1 is 1.23 bits per heavy atom. The van der Waals surface area contributed by atoms with Gasteiger partial charge in [-0.3, -0.25) is 9.36 Å². The summed E-state index contributed by atoms with van der Waals surface area (Å²) >= 11 is 1.25. The number of rotatable bonds is 7. The Hall–Kier alpha value is -3.08. The number of alkyl halides is 2. The Kier molecular flexibility index (Phi) is 4.61. The van der Waals surface area contributed by atoms with E-state index in [1.807, 2.05) is 16.7 Å². The summed E-state index contributed by atoms with van der Waals surface area (Å²) in [5.41, 5.74) is 0.330. The molecule has 0 unspecified atom stereocenters. The monoisotopic (exact) mass is 434 g/mol. The molecule has 30 heavy (non-hydrogen) atoms. The molecule has 3 aromatic rings. The molecule has 0 atom stereocenters. The number of hydrogen-bond acceptors (Lipinski definition) is 7. The quantitative estimate of drug-likeness (QED) is 0.565. The zero-order chi connectivity index (χ0) is 20.7. The van der Waals surface area contributed by atoms with Crippen LogP contribution in [0.1, 0.15) is 30.3 Å². The number of benzene rings is 1. The van der Waals surface area contributed by atoms with Gasteiger partial charge in [0.1, 0.15) is 11.6 Å². The van der Waals surface area contributed by atoms with E-state index in [4.69, 9.17) is 4.42 Å². The molecule has 0 radical (unpaired) electrons. The van der Waals surface area contributed by atoms with Gasteiger partial charge in [0.25, 0.3) is 0 Å². The molecule has 0 bridgehead atoms. The highest BCUT2D eigenvalue weighted by atomic mass is 32.2. The van der Waals surface area contributed by atoms with Gasteiger partial charge in [0.05, 0.1) is 18.6 Å². The van der Waals surface area contributed by atoms with Gasteiger partial charge in [0, 0.05) is 17.7 Å². The first-order valence-electron chi connectivity index (χ1n) is 9.25. The maximum absolute atomic E-state index is 13.1. The number of amides is 1. The van der Waals surface area contributed by atoms with Crippen LogP contribution in [-0.4, -0.2) is 32.7 Å². The first kappa shape index (κ1) is 18.9. The van der Waals surface area contributed by atoms with E-state index < -0.39 is 6.29 Å². The number of furan rings is 1. The third-order valence-electron chi connectivity index (χ3n) is 4.60. The van der Waals surface area contributed by atoms with Crippen molar-refractivity contribution in [1.29, 1.82) is 0 Å². The Labute approximate surface area is 173 Å². The number of ether oxygens (including phenoxy) is 2. The average molecular weight is 434 g/mol. The molecule has 3 heterocycles. The zero-order valence-electron chi connectivity index (χ0n) is 15.5. The van der Waals surface area contributed by atoms with Crippen molar-refractivity contribution in [2.45, 2.75) is 36.8 Å². The van der Waals surface area contributed by atoms with Crippen molar-refractivity contribution in [3.05, 3.63) is 48.2 Å². The number of carbonyl (C=O) groups is 1. The van der Waals surface area contributed by atoms with Crippen LogP contribution in [0.25, 0.3) is 0 Å². The summed E-state index contributed by atoms with van der Waals surface area (Å²) in [5.74, 6) is 1.62. The van der Waals surface area contributed by atoms with E-state index in [2.05, 4.69) is 25.0 Å². The van der Waals surface area contributed by atoms with E-state index in [1.165, 1.54) is 30.0 Å². The van der Waals surface area contributed by atoms with Crippen LogP contribution in [-0.2, 0) is 11.3 Å². The Morgan fingerprint density at radius 2 is 2.07 bits per heavy atom. The maximum atomic E-state index is 13.1. The van der Waals surface area contributed by atoms with Crippen LogP contribution in [0.3, 0.4) is 0 Å². The summed E-state index contributed by atoms with van der Waals surface area (Å²) in [5, 5.41) is 11.8. The Balaban J connectivity index is 1.24. The van der Waals surface area contributed by atoms with Gasteiger partial charge in [-0.25, -0.2) is 0 Å². The van der Waals surface area contributed by atoms with Crippen LogP contribution >= 0.6 is 11.8 Å². The van der Waals surface area contributed by atoms with Crippen molar-refractivity contribution in [2.75, 3.05) is 11.1 Å². The van der Waals surface area contributed by atoms with Gasteiger partial charge in [-0.15, -0.1) is 19.0 Å². The lowest BCUT2D eigenvalue weighted by atomic mass is 10.3. The molecule has 1 aliphatic heterocycles. The fraction of sp³-hybridized carbons (Fsp3) is 0.316. The fourth-order valence-electron chi connectivity index (χ4n) is 3.11. The second kappa shape index (κ2) is 7.31. The number of nitrogens with one attached hydrogen (secondary N) is 1. The van der Waals surface area contributed by atoms with Crippen molar-refractivity contribution in [1.82, 2.24) is 14.8 Å². The number of anilines is 1. The van der Waals surface area contributed by atoms with Crippen molar-refractivity contribution in [3.8, 4) is 11.5 Å². The predicted octanol–water partition coefficient (Wildman–Crippen LogP) is 3.85. The molecule has 0 saturated heterocycles. The summed E-state index contributed by atoms with van der Waals surface area (Å²) in [6.07, 6.45) is 0.0609. The minimum absolute atomic E-state index is 0.0750. The normalized spacial score (nSPS) is 16.6. The van der Waals surface area contributed by atoms with Crippen molar-refractivity contribution < 1.29 is 27.5 Å². The minimum Gasteiger partial charge on any atom is -0.467 e. The molecular formula is C19H16F2N4O4S. The summed E-state index contributed by atoms with van der Waals surface area (Å²) in [6, 6.07) is 7.78. The molecule has 2 aliphatic rings. The number of halogens is 2. The molecule has 1 aromatic carbocycles. The molecule has 2 aromatic heterocycles. The summed E-state index contributed by atoms with van der Waals surface area (Å²) in [6.45, 7) is 0.492. The second-order valence-corrected chi connectivity index (χ2v) is 7.89. The van der Waals surface area contributed by atoms with Gasteiger partial charge in [-0.2, -0.15) is 0 Å². The highest BCUT2D eigenvalue weighted by molar-refractivity contribution is 7.99. The molecule has 156 valence electrons. The summed E-state index contributed by atoms with van der Waals surface area (Å²) in [7, 11) is 0. The predicted molar refractivity (Wildman–Crippen MR) is 102 cm³/mol. The molecule has 1 N–H and O–H groups in total. The number of carbonyl (C=O) groups excluding carboxylic acids is 1. The van der Waals surface area contributed by atoms with Gasteiger partial charge in [0.2, 0.25) is 5.91 Å². The minimum atomic E-state index is -3.70. The Bertz CT molecular complexity index is 1080. The van der Waals surface area contributed by atoms with E-state index in [0.29, 0.717) is 23.3 Å². The van der Waals surface area contributed by atoms with Crippen molar-refractivity contribution in [2.24, 2.45) is 0 Å². The third-order valence-corrected chi connectivity index (χ3v) is 5.57. The van der Waals surface area contributed by atoms with Crippen LogP contribution in [0, 0.1) is 0 Å². The number of fused-ring (bicyclic) bond motifs is 1. The SMILES string of the molecule is O=C(CSc1nnc(C2CC2)n1Cc1ccco1)Nc1ccc2c(c1)OC(F)(F)O2. The fourth-order valence-corrected chi connectivity index (χ4v) is 3.86. The maximum Gasteiger partial charge on any atom is 0.586 e. The number of thioether (sulfide) groups is 1. The van der Waals surface area contributed by atoms with Crippen LogP contribution in [0.5, 0.6) is 11.5 Å². The van der Waals surface area contributed by atoms with Gasteiger partial charge in [0.15, 0.2) is 16.7 Å². The molecule has 1 aliphatic carbocycles. The highest BCUT2D eigenvalue weighted by Gasteiger charge is 2.43. The molecular weight excluding hydrogens is 418 g/mol. The third kappa shape index (κ3) is 3.97. The van der Waals surface area contributed by atoms with E-state index in [1.54, 1.807) is 6.26 Å². The molecule has 11 heteroatoms. The van der Waals surface area contributed by atoms with Gasteiger partial charge < -0.3 is 19.2 Å². The number of nitrogens with zero attached hydrogens (tertiary/aromatic N) is 3. The lowest BCUT2D eigenvalue weighted by molar-refractivity contribution is -0.286. The van der Waals surface area contributed by atoms with Gasteiger partial charge >= 0.3 is 6.29 Å². The van der Waals surface area contributed by atoms with E-state index in [9.17, 15) is 13.6 Å². The van der Waals surface area contributed by atoms with Crippen LogP contribution in [0.4, 0.5) is 14.5 Å². The molecule has 1 amide bonds. The molecule has 1 saturated carbocycles.